The summed E-state index contributed by atoms with van der Waals surface area (Å²) in [6, 6.07) is 8.56. The van der Waals surface area contributed by atoms with Gasteiger partial charge in [0.2, 0.25) is 0 Å². The van der Waals surface area contributed by atoms with Crippen LogP contribution in [0.3, 0.4) is 0 Å². The lowest BCUT2D eigenvalue weighted by atomic mass is 10.1. The van der Waals surface area contributed by atoms with Crippen molar-refractivity contribution in [3.63, 3.8) is 0 Å². The van der Waals surface area contributed by atoms with E-state index >= 15 is 0 Å². The standard InChI is InChI=1S/C24H38O2/c1-3-4-5-6-7-8-9-10-11-12-13-14-15-22-16-18-23(19-17-22)25-20-24(2)21-26-24/h10-11,16-19H,3-9,12-15,20-21H2,1-2H3/b11-10+. The Bertz CT molecular complexity index is 499. The highest BCUT2D eigenvalue weighted by Gasteiger charge is 2.40. The van der Waals surface area contributed by atoms with E-state index in [9.17, 15) is 0 Å². The predicted molar refractivity (Wildman–Crippen MR) is 111 cm³/mol. The van der Waals surface area contributed by atoms with E-state index in [0.717, 1.165) is 18.8 Å². The highest BCUT2D eigenvalue weighted by molar-refractivity contribution is 5.27. The van der Waals surface area contributed by atoms with Gasteiger partial charge in [0, 0.05) is 0 Å². The van der Waals surface area contributed by atoms with Crippen LogP contribution in [0.25, 0.3) is 0 Å². The highest BCUT2D eigenvalue weighted by atomic mass is 16.6. The molecular weight excluding hydrogens is 320 g/mol. The van der Waals surface area contributed by atoms with E-state index < -0.39 is 0 Å². The maximum atomic E-state index is 5.77. The Balaban J connectivity index is 1.44. The van der Waals surface area contributed by atoms with Crippen LogP contribution in [0.2, 0.25) is 0 Å². The molecule has 1 aromatic rings. The first-order valence-electron chi connectivity index (χ1n) is 10.7. The number of hydrogen-bond donors (Lipinski definition) is 0. The number of allylic oxidation sites excluding steroid dienone is 2. The summed E-state index contributed by atoms with van der Waals surface area (Å²) in [4.78, 5) is 0. The summed E-state index contributed by atoms with van der Waals surface area (Å²) in [6.45, 7) is 5.83. The Kier molecular flexibility index (Phi) is 9.84. The summed E-state index contributed by atoms with van der Waals surface area (Å²) in [7, 11) is 0. The Morgan fingerprint density at radius 1 is 0.923 bits per heavy atom. The smallest absolute Gasteiger partial charge is 0.123 e. The molecule has 0 amide bonds. The molecule has 1 aliphatic rings. The topological polar surface area (TPSA) is 21.8 Å². The maximum Gasteiger partial charge on any atom is 0.123 e. The minimum absolute atomic E-state index is 0.0404. The van der Waals surface area contributed by atoms with Crippen molar-refractivity contribution in [2.45, 2.75) is 90.1 Å². The molecule has 1 heterocycles. The number of ether oxygens (including phenoxy) is 2. The van der Waals surface area contributed by atoms with Crippen LogP contribution in [-0.4, -0.2) is 18.8 Å². The third kappa shape index (κ3) is 9.43. The second-order valence-corrected chi connectivity index (χ2v) is 7.94. The molecule has 146 valence electrons. The molecule has 1 saturated heterocycles. The molecule has 26 heavy (non-hydrogen) atoms. The van der Waals surface area contributed by atoms with Gasteiger partial charge in [-0.25, -0.2) is 0 Å². The van der Waals surface area contributed by atoms with Gasteiger partial charge in [0.1, 0.15) is 18.0 Å². The molecule has 1 aromatic carbocycles. The lowest BCUT2D eigenvalue weighted by molar-refractivity contribution is 0.202. The van der Waals surface area contributed by atoms with E-state index in [1.807, 2.05) is 0 Å². The van der Waals surface area contributed by atoms with E-state index in [1.54, 1.807) is 0 Å². The molecule has 1 aliphatic heterocycles. The highest BCUT2D eigenvalue weighted by Crippen LogP contribution is 2.27. The summed E-state index contributed by atoms with van der Waals surface area (Å²) in [5.74, 6) is 0.947. The van der Waals surface area contributed by atoms with Gasteiger partial charge in [0.15, 0.2) is 0 Å². The molecule has 0 saturated carbocycles. The van der Waals surface area contributed by atoms with Crippen LogP contribution in [0.1, 0.15) is 83.6 Å². The van der Waals surface area contributed by atoms with E-state index in [4.69, 9.17) is 9.47 Å². The zero-order chi connectivity index (χ0) is 18.5. The maximum absolute atomic E-state index is 5.77. The lowest BCUT2D eigenvalue weighted by Gasteiger charge is -2.09. The Morgan fingerprint density at radius 3 is 2.19 bits per heavy atom. The van der Waals surface area contributed by atoms with Crippen LogP contribution in [0.5, 0.6) is 5.75 Å². The minimum Gasteiger partial charge on any atom is -0.491 e. The molecule has 0 bridgehead atoms. The molecular formula is C24H38O2. The summed E-state index contributed by atoms with van der Waals surface area (Å²) < 4.78 is 11.1. The second-order valence-electron chi connectivity index (χ2n) is 7.94. The van der Waals surface area contributed by atoms with Crippen molar-refractivity contribution in [1.82, 2.24) is 0 Å². The Labute approximate surface area is 161 Å². The monoisotopic (exact) mass is 358 g/mol. The molecule has 2 rings (SSSR count). The van der Waals surface area contributed by atoms with Gasteiger partial charge in [-0.3, -0.25) is 0 Å². The second kappa shape index (κ2) is 12.2. The van der Waals surface area contributed by atoms with Crippen LogP contribution in [0, 0.1) is 0 Å². The van der Waals surface area contributed by atoms with Gasteiger partial charge in [-0.2, -0.15) is 0 Å². The van der Waals surface area contributed by atoms with Crippen molar-refractivity contribution in [3.8, 4) is 5.75 Å². The molecule has 0 N–H and O–H groups in total. The molecule has 0 aromatic heterocycles. The van der Waals surface area contributed by atoms with Gasteiger partial charge in [0.05, 0.1) is 6.61 Å². The summed E-state index contributed by atoms with van der Waals surface area (Å²) >= 11 is 0. The van der Waals surface area contributed by atoms with Crippen LogP contribution in [-0.2, 0) is 11.2 Å². The quantitative estimate of drug-likeness (QED) is 0.194. The van der Waals surface area contributed by atoms with Gasteiger partial charge in [-0.1, -0.05) is 63.3 Å². The number of unbranched alkanes of at least 4 members (excludes halogenated alkanes) is 8. The number of aryl methyl sites for hydroxylation is 1. The van der Waals surface area contributed by atoms with Crippen LogP contribution < -0.4 is 4.74 Å². The molecule has 0 radical (unpaired) electrons. The molecule has 1 atom stereocenters. The van der Waals surface area contributed by atoms with Gasteiger partial charge < -0.3 is 9.47 Å². The van der Waals surface area contributed by atoms with Gasteiger partial charge in [-0.05, 0) is 63.1 Å². The molecule has 0 aliphatic carbocycles. The SMILES string of the molecule is CCCCCCCC/C=C/CCCCc1ccc(OCC2(C)CO2)cc1. The van der Waals surface area contributed by atoms with Gasteiger partial charge in [0.25, 0.3) is 0 Å². The molecule has 2 nitrogen and oxygen atoms in total. The number of hydrogen-bond acceptors (Lipinski definition) is 2. The van der Waals surface area contributed by atoms with Gasteiger partial charge in [-0.15, -0.1) is 0 Å². The van der Waals surface area contributed by atoms with Crippen LogP contribution >= 0.6 is 0 Å². The van der Waals surface area contributed by atoms with Crippen molar-refractivity contribution in [3.05, 3.63) is 42.0 Å². The lowest BCUT2D eigenvalue weighted by Crippen LogP contribution is -2.16. The van der Waals surface area contributed by atoms with E-state index in [-0.39, 0.29) is 5.60 Å². The van der Waals surface area contributed by atoms with Crippen molar-refractivity contribution in [1.29, 1.82) is 0 Å². The molecule has 1 unspecified atom stereocenters. The van der Waals surface area contributed by atoms with Gasteiger partial charge >= 0.3 is 0 Å². The van der Waals surface area contributed by atoms with E-state index in [2.05, 4.69) is 50.3 Å². The van der Waals surface area contributed by atoms with Crippen LogP contribution in [0.15, 0.2) is 36.4 Å². The first-order chi connectivity index (χ1) is 12.7. The molecule has 2 heteroatoms. The van der Waals surface area contributed by atoms with Crippen molar-refractivity contribution in [2.75, 3.05) is 13.2 Å². The minimum atomic E-state index is -0.0404. The van der Waals surface area contributed by atoms with Crippen molar-refractivity contribution in [2.24, 2.45) is 0 Å². The largest absolute Gasteiger partial charge is 0.491 e. The molecule has 0 spiro atoms. The zero-order valence-corrected chi connectivity index (χ0v) is 17.0. The van der Waals surface area contributed by atoms with E-state index in [0.29, 0.717) is 6.61 Å². The third-order valence-corrected chi connectivity index (χ3v) is 5.08. The third-order valence-electron chi connectivity index (χ3n) is 5.08. The fraction of sp³-hybridized carbons (Fsp3) is 0.667. The molecule has 1 fully saturated rings. The average Bonchev–Trinajstić information content (AvgIpc) is 3.40. The van der Waals surface area contributed by atoms with Crippen molar-refractivity contribution < 1.29 is 9.47 Å². The summed E-state index contributed by atoms with van der Waals surface area (Å²) in [6.07, 6.45) is 19.3. The zero-order valence-electron chi connectivity index (χ0n) is 17.0. The predicted octanol–water partition coefficient (Wildman–Crippen LogP) is 6.87. The Hall–Kier alpha value is -1.28. The number of benzene rings is 1. The number of rotatable bonds is 15. The van der Waals surface area contributed by atoms with Crippen molar-refractivity contribution >= 4 is 0 Å². The Morgan fingerprint density at radius 2 is 1.54 bits per heavy atom. The van der Waals surface area contributed by atoms with E-state index in [1.165, 1.54) is 69.8 Å². The first-order valence-corrected chi connectivity index (χ1v) is 10.7. The fourth-order valence-corrected chi connectivity index (χ4v) is 3.06. The normalized spacial score (nSPS) is 19.2. The fourth-order valence-electron chi connectivity index (χ4n) is 3.06. The summed E-state index contributed by atoms with van der Waals surface area (Å²) in [5.41, 5.74) is 1.36. The average molecular weight is 359 g/mol. The summed E-state index contributed by atoms with van der Waals surface area (Å²) in [5, 5.41) is 0. The number of epoxide rings is 1. The first kappa shape index (κ1) is 21.0. The van der Waals surface area contributed by atoms with Crippen LogP contribution in [0.4, 0.5) is 0 Å².